The van der Waals surface area contributed by atoms with Crippen molar-refractivity contribution in [1.82, 2.24) is 5.16 Å². The third kappa shape index (κ3) is 2.25. The van der Waals surface area contributed by atoms with E-state index in [-0.39, 0.29) is 0 Å². The van der Waals surface area contributed by atoms with Crippen LogP contribution in [0.5, 0.6) is 0 Å². The minimum atomic E-state index is -0.501. The molecule has 0 radical (unpaired) electrons. The zero-order valence-electron chi connectivity index (χ0n) is 6.07. The van der Waals surface area contributed by atoms with Crippen molar-refractivity contribution in [1.29, 1.82) is 0 Å². The lowest BCUT2D eigenvalue weighted by Crippen LogP contribution is -2.04. The van der Waals surface area contributed by atoms with Crippen molar-refractivity contribution in [3.05, 3.63) is 23.6 Å². The Labute approximate surface area is 63.7 Å². The fraction of sp³-hybridized carbons (Fsp3) is 0.143. The van der Waals surface area contributed by atoms with Crippen LogP contribution in [-0.2, 0) is 4.79 Å². The highest BCUT2D eigenvalue weighted by atomic mass is 16.5. The Kier molecular flexibility index (Phi) is 2.06. The Bertz CT molecular complexity index is 288. The van der Waals surface area contributed by atoms with Crippen molar-refractivity contribution in [2.75, 3.05) is 0 Å². The number of carbonyl (C=O) groups is 1. The first-order valence-corrected chi connectivity index (χ1v) is 3.09. The zero-order chi connectivity index (χ0) is 8.27. The smallest absolute Gasteiger partial charge is 0.241 e. The normalized spacial score (nSPS) is 10.6. The molecule has 0 bridgehead atoms. The zero-order valence-corrected chi connectivity index (χ0v) is 6.07. The van der Waals surface area contributed by atoms with Gasteiger partial charge in [-0.2, -0.15) is 0 Å². The summed E-state index contributed by atoms with van der Waals surface area (Å²) in [7, 11) is 0. The summed E-state index contributed by atoms with van der Waals surface area (Å²) in [5.41, 5.74) is 5.63. The first-order valence-electron chi connectivity index (χ1n) is 3.09. The molecular formula is C7H8N2O2. The molecule has 0 aromatic carbocycles. The van der Waals surface area contributed by atoms with Crippen LogP contribution in [0.25, 0.3) is 6.08 Å². The van der Waals surface area contributed by atoms with Gasteiger partial charge in [-0.1, -0.05) is 5.16 Å². The highest BCUT2D eigenvalue weighted by Gasteiger charge is 1.94. The van der Waals surface area contributed by atoms with Gasteiger partial charge >= 0.3 is 0 Å². The standard InChI is InChI=1S/C7H8N2O2/c1-5-4-6(11-9-5)2-3-7(8)10/h2-4H,1H3,(H2,8,10). The van der Waals surface area contributed by atoms with Gasteiger partial charge in [-0.25, -0.2) is 0 Å². The fourth-order valence-electron chi connectivity index (χ4n) is 0.626. The molecule has 0 atom stereocenters. The number of aryl methyl sites for hydroxylation is 1. The molecule has 0 fully saturated rings. The fourth-order valence-corrected chi connectivity index (χ4v) is 0.626. The van der Waals surface area contributed by atoms with E-state index in [0.29, 0.717) is 5.76 Å². The van der Waals surface area contributed by atoms with E-state index in [9.17, 15) is 4.79 Å². The molecule has 4 heteroatoms. The predicted molar refractivity (Wildman–Crippen MR) is 39.5 cm³/mol. The molecule has 4 nitrogen and oxygen atoms in total. The van der Waals surface area contributed by atoms with Crippen molar-refractivity contribution in [3.8, 4) is 0 Å². The number of amides is 1. The van der Waals surface area contributed by atoms with Crippen molar-refractivity contribution in [2.24, 2.45) is 5.73 Å². The monoisotopic (exact) mass is 152 g/mol. The molecule has 0 saturated carbocycles. The van der Waals surface area contributed by atoms with Gasteiger partial charge in [0.25, 0.3) is 0 Å². The van der Waals surface area contributed by atoms with Crippen LogP contribution in [0.4, 0.5) is 0 Å². The Morgan fingerprint density at radius 3 is 3.00 bits per heavy atom. The molecule has 1 heterocycles. The van der Waals surface area contributed by atoms with E-state index in [0.717, 1.165) is 5.69 Å². The Balaban J connectivity index is 2.71. The van der Waals surface area contributed by atoms with Crippen LogP contribution >= 0.6 is 0 Å². The van der Waals surface area contributed by atoms with Crippen LogP contribution in [0.2, 0.25) is 0 Å². The van der Waals surface area contributed by atoms with Crippen LogP contribution in [0, 0.1) is 6.92 Å². The lowest BCUT2D eigenvalue weighted by Gasteiger charge is -1.78. The van der Waals surface area contributed by atoms with Crippen molar-refractivity contribution >= 4 is 12.0 Å². The second-order valence-electron chi connectivity index (χ2n) is 2.11. The summed E-state index contributed by atoms with van der Waals surface area (Å²) in [6.45, 7) is 1.80. The molecule has 0 aliphatic carbocycles. The SMILES string of the molecule is Cc1cc(C=CC(N)=O)on1. The molecular weight excluding hydrogens is 144 g/mol. The van der Waals surface area contributed by atoms with Gasteiger partial charge in [0.1, 0.15) is 0 Å². The molecule has 0 saturated heterocycles. The minimum absolute atomic E-state index is 0.501. The molecule has 11 heavy (non-hydrogen) atoms. The summed E-state index contributed by atoms with van der Waals surface area (Å²) in [6, 6.07) is 1.71. The van der Waals surface area contributed by atoms with Gasteiger partial charge < -0.3 is 10.3 Å². The quantitative estimate of drug-likeness (QED) is 0.626. The number of hydrogen-bond acceptors (Lipinski definition) is 3. The van der Waals surface area contributed by atoms with E-state index < -0.39 is 5.91 Å². The average molecular weight is 152 g/mol. The maximum atomic E-state index is 10.3. The molecule has 0 unspecified atom stereocenters. The lowest BCUT2D eigenvalue weighted by molar-refractivity contribution is -0.113. The first kappa shape index (κ1) is 7.53. The molecule has 0 spiro atoms. The number of primary amides is 1. The number of hydrogen-bond donors (Lipinski definition) is 1. The summed E-state index contributed by atoms with van der Waals surface area (Å²) < 4.78 is 4.77. The third-order valence-electron chi connectivity index (χ3n) is 1.06. The maximum Gasteiger partial charge on any atom is 0.241 e. The topological polar surface area (TPSA) is 69.1 Å². The van der Waals surface area contributed by atoms with E-state index >= 15 is 0 Å². The number of nitrogens with two attached hydrogens (primary N) is 1. The highest BCUT2D eigenvalue weighted by Crippen LogP contribution is 2.03. The Morgan fingerprint density at radius 2 is 2.55 bits per heavy atom. The number of aromatic nitrogens is 1. The van der Waals surface area contributed by atoms with E-state index in [1.165, 1.54) is 12.2 Å². The number of rotatable bonds is 2. The molecule has 0 aliphatic rings. The second kappa shape index (κ2) is 3.01. The third-order valence-corrected chi connectivity index (χ3v) is 1.06. The summed E-state index contributed by atoms with van der Waals surface area (Å²) >= 11 is 0. The number of nitrogens with zero attached hydrogens (tertiary/aromatic N) is 1. The van der Waals surface area contributed by atoms with Crippen LogP contribution in [-0.4, -0.2) is 11.1 Å². The van der Waals surface area contributed by atoms with Gasteiger partial charge in [0, 0.05) is 12.1 Å². The summed E-state index contributed by atoms with van der Waals surface area (Å²) in [5.74, 6) is 0.0281. The van der Waals surface area contributed by atoms with Crippen LogP contribution in [0.3, 0.4) is 0 Å². The van der Waals surface area contributed by atoms with E-state index in [4.69, 9.17) is 10.3 Å². The summed E-state index contributed by atoms with van der Waals surface area (Å²) in [6.07, 6.45) is 2.70. The Hall–Kier alpha value is -1.58. The summed E-state index contributed by atoms with van der Waals surface area (Å²) in [5, 5.41) is 3.62. The molecule has 1 rings (SSSR count). The molecule has 1 aromatic heterocycles. The van der Waals surface area contributed by atoms with Gasteiger partial charge in [-0.3, -0.25) is 4.79 Å². The molecule has 58 valence electrons. The average Bonchev–Trinajstić information content (AvgIpc) is 2.31. The Morgan fingerprint density at radius 1 is 1.82 bits per heavy atom. The van der Waals surface area contributed by atoms with Gasteiger partial charge in [-0.05, 0) is 13.0 Å². The first-order chi connectivity index (χ1) is 5.18. The predicted octanol–water partition coefficient (Wildman–Crippen LogP) is 0.482. The van der Waals surface area contributed by atoms with E-state index in [2.05, 4.69) is 5.16 Å². The second-order valence-corrected chi connectivity index (χ2v) is 2.11. The minimum Gasteiger partial charge on any atom is -0.366 e. The van der Waals surface area contributed by atoms with Crippen LogP contribution < -0.4 is 5.73 Å². The van der Waals surface area contributed by atoms with Gasteiger partial charge in [0.05, 0.1) is 5.69 Å². The van der Waals surface area contributed by atoms with Crippen molar-refractivity contribution < 1.29 is 9.32 Å². The summed E-state index contributed by atoms with van der Waals surface area (Å²) in [4.78, 5) is 10.3. The van der Waals surface area contributed by atoms with E-state index in [1.807, 2.05) is 0 Å². The van der Waals surface area contributed by atoms with Crippen molar-refractivity contribution in [3.63, 3.8) is 0 Å². The molecule has 0 aliphatic heterocycles. The maximum absolute atomic E-state index is 10.3. The molecule has 1 aromatic rings. The largest absolute Gasteiger partial charge is 0.366 e. The highest BCUT2D eigenvalue weighted by molar-refractivity contribution is 5.89. The van der Waals surface area contributed by atoms with Gasteiger partial charge in [0.2, 0.25) is 5.91 Å². The molecule has 2 N–H and O–H groups in total. The van der Waals surface area contributed by atoms with Gasteiger partial charge in [-0.15, -0.1) is 0 Å². The van der Waals surface area contributed by atoms with Crippen molar-refractivity contribution in [2.45, 2.75) is 6.92 Å². The van der Waals surface area contributed by atoms with E-state index in [1.54, 1.807) is 13.0 Å². The van der Waals surface area contributed by atoms with Gasteiger partial charge in [0.15, 0.2) is 5.76 Å². The molecule has 1 amide bonds. The lowest BCUT2D eigenvalue weighted by atomic mass is 10.3. The van der Waals surface area contributed by atoms with Crippen LogP contribution in [0.15, 0.2) is 16.7 Å². The number of carbonyl (C=O) groups excluding carboxylic acids is 1. The van der Waals surface area contributed by atoms with Crippen LogP contribution in [0.1, 0.15) is 11.5 Å².